The summed E-state index contributed by atoms with van der Waals surface area (Å²) in [5.74, 6) is 4.05. The molecular formula is C16H19NO3. The van der Waals surface area contributed by atoms with Crippen molar-refractivity contribution in [3.8, 4) is 23.8 Å². The van der Waals surface area contributed by atoms with Crippen molar-refractivity contribution in [2.75, 3.05) is 24.7 Å². The molecule has 0 spiro atoms. The fourth-order valence-electron chi connectivity index (χ4n) is 2.29. The standard InChI is InChI=1S/C16H19NO3/c1-4-12-9-16(18)17(11-12)14-10-13(19-5-2)7-8-15(14)20-6-3/h1,7-8,10,12H,5-6,9,11H2,2-3H3. The van der Waals surface area contributed by atoms with Crippen LogP contribution in [0.5, 0.6) is 11.5 Å². The number of benzene rings is 1. The van der Waals surface area contributed by atoms with Crippen molar-refractivity contribution in [1.82, 2.24) is 0 Å². The molecule has 4 nitrogen and oxygen atoms in total. The summed E-state index contributed by atoms with van der Waals surface area (Å²) < 4.78 is 11.1. The fraction of sp³-hybridized carbons (Fsp3) is 0.438. The van der Waals surface area contributed by atoms with Crippen LogP contribution in [-0.4, -0.2) is 25.7 Å². The first kappa shape index (κ1) is 14.3. The van der Waals surface area contributed by atoms with E-state index in [1.165, 1.54) is 0 Å². The van der Waals surface area contributed by atoms with E-state index in [2.05, 4.69) is 5.92 Å². The predicted molar refractivity (Wildman–Crippen MR) is 78.1 cm³/mol. The van der Waals surface area contributed by atoms with Gasteiger partial charge in [-0.3, -0.25) is 4.79 Å². The fourth-order valence-corrected chi connectivity index (χ4v) is 2.29. The highest BCUT2D eigenvalue weighted by Gasteiger charge is 2.31. The second-order valence-corrected chi connectivity index (χ2v) is 4.57. The van der Waals surface area contributed by atoms with Crippen LogP contribution in [0.4, 0.5) is 5.69 Å². The second kappa shape index (κ2) is 6.33. The van der Waals surface area contributed by atoms with Gasteiger partial charge in [-0.2, -0.15) is 0 Å². The number of hydrogen-bond donors (Lipinski definition) is 0. The first-order valence-corrected chi connectivity index (χ1v) is 6.85. The summed E-state index contributed by atoms with van der Waals surface area (Å²) >= 11 is 0. The van der Waals surface area contributed by atoms with Gasteiger partial charge in [-0.05, 0) is 26.0 Å². The van der Waals surface area contributed by atoms with Crippen LogP contribution in [0, 0.1) is 18.3 Å². The Labute approximate surface area is 119 Å². The smallest absolute Gasteiger partial charge is 0.228 e. The van der Waals surface area contributed by atoms with Crippen LogP contribution < -0.4 is 14.4 Å². The Bertz CT molecular complexity index is 533. The zero-order valence-electron chi connectivity index (χ0n) is 11.9. The molecule has 1 atom stereocenters. The van der Waals surface area contributed by atoms with Crippen molar-refractivity contribution >= 4 is 11.6 Å². The molecule has 2 rings (SSSR count). The highest BCUT2D eigenvalue weighted by Crippen LogP contribution is 2.36. The first-order chi connectivity index (χ1) is 9.69. The van der Waals surface area contributed by atoms with E-state index in [1.807, 2.05) is 32.0 Å². The van der Waals surface area contributed by atoms with Gasteiger partial charge in [0.2, 0.25) is 5.91 Å². The monoisotopic (exact) mass is 273 g/mol. The molecule has 1 aliphatic rings. The van der Waals surface area contributed by atoms with E-state index in [4.69, 9.17) is 15.9 Å². The van der Waals surface area contributed by atoms with Crippen molar-refractivity contribution < 1.29 is 14.3 Å². The number of carbonyl (C=O) groups is 1. The summed E-state index contributed by atoms with van der Waals surface area (Å²) in [6.07, 6.45) is 5.82. The lowest BCUT2D eigenvalue weighted by atomic mass is 10.1. The molecule has 20 heavy (non-hydrogen) atoms. The van der Waals surface area contributed by atoms with Crippen molar-refractivity contribution in [2.45, 2.75) is 20.3 Å². The van der Waals surface area contributed by atoms with Crippen LogP contribution >= 0.6 is 0 Å². The number of ether oxygens (including phenoxy) is 2. The molecule has 4 heteroatoms. The van der Waals surface area contributed by atoms with Gasteiger partial charge >= 0.3 is 0 Å². The minimum absolute atomic E-state index is 0.0301. The first-order valence-electron chi connectivity index (χ1n) is 6.85. The summed E-state index contributed by atoms with van der Waals surface area (Å²) in [7, 11) is 0. The van der Waals surface area contributed by atoms with Gasteiger partial charge in [-0.15, -0.1) is 12.3 Å². The van der Waals surface area contributed by atoms with Crippen LogP contribution in [0.1, 0.15) is 20.3 Å². The molecule has 0 bridgehead atoms. The molecule has 1 aromatic rings. The molecule has 1 heterocycles. The lowest BCUT2D eigenvalue weighted by Gasteiger charge is -2.20. The van der Waals surface area contributed by atoms with Crippen LogP contribution in [0.2, 0.25) is 0 Å². The molecule has 1 unspecified atom stereocenters. The molecule has 0 radical (unpaired) electrons. The number of nitrogens with zero attached hydrogens (tertiary/aromatic N) is 1. The zero-order chi connectivity index (χ0) is 14.5. The predicted octanol–water partition coefficient (Wildman–Crippen LogP) is 2.47. The Hall–Kier alpha value is -2.15. The van der Waals surface area contributed by atoms with Gasteiger partial charge < -0.3 is 14.4 Å². The Balaban J connectivity index is 2.34. The van der Waals surface area contributed by atoms with E-state index in [9.17, 15) is 4.79 Å². The zero-order valence-corrected chi connectivity index (χ0v) is 11.9. The SMILES string of the molecule is C#CC1CC(=O)N(c2cc(OCC)ccc2OCC)C1. The Morgan fingerprint density at radius 3 is 2.70 bits per heavy atom. The third-order valence-corrected chi connectivity index (χ3v) is 3.19. The maximum Gasteiger partial charge on any atom is 0.228 e. The van der Waals surface area contributed by atoms with E-state index >= 15 is 0 Å². The molecule has 0 saturated carbocycles. The van der Waals surface area contributed by atoms with E-state index in [1.54, 1.807) is 4.90 Å². The highest BCUT2D eigenvalue weighted by molar-refractivity contribution is 5.97. The maximum absolute atomic E-state index is 12.1. The average Bonchev–Trinajstić information content (AvgIpc) is 2.82. The molecule has 106 valence electrons. The molecule has 1 saturated heterocycles. The summed E-state index contributed by atoms with van der Waals surface area (Å²) in [4.78, 5) is 13.8. The number of terminal acetylenes is 1. The van der Waals surface area contributed by atoms with Gasteiger partial charge in [-0.1, -0.05) is 0 Å². The molecule has 0 aliphatic carbocycles. The molecule has 0 aromatic heterocycles. The number of anilines is 1. The van der Waals surface area contributed by atoms with Crippen LogP contribution in [0.25, 0.3) is 0 Å². The third-order valence-electron chi connectivity index (χ3n) is 3.19. The summed E-state index contributed by atoms with van der Waals surface area (Å²) in [5, 5.41) is 0. The van der Waals surface area contributed by atoms with Gasteiger partial charge in [0.15, 0.2) is 0 Å². The van der Waals surface area contributed by atoms with Gasteiger partial charge in [-0.25, -0.2) is 0 Å². The summed E-state index contributed by atoms with van der Waals surface area (Å²) in [6, 6.07) is 5.52. The molecule has 1 amide bonds. The molecular weight excluding hydrogens is 254 g/mol. The minimum Gasteiger partial charge on any atom is -0.494 e. The van der Waals surface area contributed by atoms with Crippen molar-refractivity contribution in [1.29, 1.82) is 0 Å². The van der Waals surface area contributed by atoms with Gasteiger partial charge in [0.1, 0.15) is 11.5 Å². The number of carbonyl (C=O) groups excluding carboxylic acids is 1. The van der Waals surface area contributed by atoms with E-state index in [-0.39, 0.29) is 11.8 Å². The Morgan fingerprint density at radius 1 is 1.35 bits per heavy atom. The van der Waals surface area contributed by atoms with Crippen molar-refractivity contribution in [3.63, 3.8) is 0 Å². The Morgan fingerprint density at radius 2 is 2.10 bits per heavy atom. The van der Waals surface area contributed by atoms with Gasteiger partial charge in [0.05, 0.1) is 18.9 Å². The lowest BCUT2D eigenvalue weighted by Crippen LogP contribution is -2.25. The maximum atomic E-state index is 12.1. The van der Waals surface area contributed by atoms with E-state index in [0.29, 0.717) is 31.9 Å². The summed E-state index contributed by atoms with van der Waals surface area (Å²) in [5.41, 5.74) is 0.737. The molecule has 1 fully saturated rings. The van der Waals surface area contributed by atoms with Crippen molar-refractivity contribution in [3.05, 3.63) is 18.2 Å². The normalized spacial score (nSPS) is 17.9. The van der Waals surface area contributed by atoms with Crippen molar-refractivity contribution in [2.24, 2.45) is 5.92 Å². The van der Waals surface area contributed by atoms with Gasteiger partial charge in [0.25, 0.3) is 0 Å². The van der Waals surface area contributed by atoms with E-state index in [0.717, 1.165) is 11.4 Å². The quantitative estimate of drug-likeness (QED) is 0.774. The second-order valence-electron chi connectivity index (χ2n) is 4.57. The molecule has 0 N–H and O–H groups in total. The lowest BCUT2D eigenvalue weighted by molar-refractivity contribution is -0.117. The molecule has 1 aromatic carbocycles. The number of hydrogen-bond acceptors (Lipinski definition) is 3. The van der Waals surface area contributed by atoms with Crippen LogP contribution in [0.3, 0.4) is 0 Å². The van der Waals surface area contributed by atoms with Gasteiger partial charge in [0, 0.05) is 24.9 Å². The van der Waals surface area contributed by atoms with Crippen LogP contribution in [-0.2, 0) is 4.79 Å². The summed E-state index contributed by atoms with van der Waals surface area (Å²) in [6.45, 7) is 5.49. The number of rotatable bonds is 5. The third kappa shape index (κ3) is 2.88. The topological polar surface area (TPSA) is 38.8 Å². The van der Waals surface area contributed by atoms with E-state index < -0.39 is 0 Å². The largest absolute Gasteiger partial charge is 0.494 e. The average molecular weight is 273 g/mol. The highest BCUT2D eigenvalue weighted by atomic mass is 16.5. The molecule has 1 aliphatic heterocycles. The minimum atomic E-state index is -0.0345. The Kier molecular flexibility index (Phi) is 4.52. The van der Waals surface area contributed by atoms with Crippen LogP contribution in [0.15, 0.2) is 18.2 Å². The number of amides is 1.